The molecule has 0 aliphatic heterocycles. The quantitative estimate of drug-likeness (QED) is 0.502. The minimum absolute atomic E-state index is 0.331. The zero-order valence-corrected chi connectivity index (χ0v) is 15.8. The van der Waals surface area contributed by atoms with E-state index in [9.17, 15) is 5.11 Å². The normalized spacial score (nSPS) is 24.1. The summed E-state index contributed by atoms with van der Waals surface area (Å²) in [5.41, 5.74) is 5.62. The monoisotopic (exact) mass is 292 g/mol. The summed E-state index contributed by atoms with van der Waals surface area (Å²) in [7, 11) is -1.54. The molecular weight excluding hydrogens is 260 g/mol. The van der Waals surface area contributed by atoms with Gasteiger partial charge in [-0.3, -0.25) is 0 Å². The van der Waals surface area contributed by atoms with Gasteiger partial charge in [0.1, 0.15) is 0 Å². The van der Waals surface area contributed by atoms with Gasteiger partial charge in [-0.05, 0) is 49.4 Å². The number of aliphatic hydroxyl groups is 1. The van der Waals surface area contributed by atoms with Crippen LogP contribution in [0, 0.1) is 0 Å². The van der Waals surface area contributed by atoms with E-state index in [-0.39, 0.29) is 0 Å². The Hall–Kier alpha value is -0.603. The molecule has 0 saturated carbocycles. The van der Waals surface area contributed by atoms with Crippen molar-refractivity contribution in [2.24, 2.45) is 0 Å². The number of allylic oxidation sites excluding steroid dienone is 3. The van der Waals surface area contributed by atoms with Crippen molar-refractivity contribution in [3.8, 4) is 0 Å². The second-order valence-electron chi connectivity index (χ2n) is 8.11. The lowest BCUT2D eigenvalue weighted by Gasteiger charge is -2.46. The van der Waals surface area contributed by atoms with Crippen molar-refractivity contribution in [3.63, 3.8) is 0 Å². The van der Waals surface area contributed by atoms with Gasteiger partial charge in [0.05, 0.1) is 14.2 Å². The zero-order valence-electron chi connectivity index (χ0n) is 14.8. The van der Waals surface area contributed by atoms with Crippen molar-refractivity contribution in [1.82, 2.24) is 0 Å². The molecule has 0 aromatic carbocycles. The molecule has 1 nitrogen and oxygen atoms in total. The lowest BCUT2D eigenvalue weighted by Crippen LogP contribution is -2.44. The van der Waals surface area contributed by atoms with Crippen LogP contribution in [0.4, 0.5) is 0 Å². The highest BCUT2D eigenvalue weighted by Gasteiger charge is 2.45. The van der Waals surface area contributed by atoms with E-state index in [4.69, 9.17) is 0 Å². The maximum Gasteiger partial charge on any atom is 0.0974 e. The minimum Gasteiger partial charge on any atom is -0.384 e. The highest BCUT2D eigenvalue weighted by atomic mass is 28.3. The molecule has 0 bridgehead atoms. The van der Waals surface area contributed by atoms with Crippen molar-refractivity contribution in [2.75, 3.05) is 0 Å². The minimum atomic E-state index is -1.54. The van der Waals surface area contributed by atoms with Gasteiger partial charge in [-0.25, -0.2) is 0 Å². The molecule has 20 heavy (non-hydrogen) atoms. The Balaban J connectivity index is 3.54. The summed E-state index contributed by atoms with van der Waals surface area (Å²) in [5, 5.41) is 10.7. The Morgan fingerprint density at radius 3 is 1.75 bits per heavy atom. The smallest absolute Gasteiger partial charge is 0.0974 e. The third kappa shape index (κ3) is 3.01. The van der Waals surface area contributed by atoms with Crippen LogP contribution in [-0.4, -0.2) is 19.3 Å². The van der Waals surface area contributed by atoms with E-state index < -0.39 is 14.2 Å². The average molecular weight is 293 g/mol. The van der Waals surface area contributed by atoms with Crippen LogP contribution in [0.5, 0.6) is 0 Å². The number of hydrogen-bond donors (Lipinski definition) is 1. The van der Waals surface area contributed by atoms with Gasteiger partial charge in [0.15, 0.2) is 0 Å². The van der Waals surface area contributed by atoms with Crippen molar-refractivity contribution >= 4 is 8.07 Å². The molecule has 0 fully saturated rings. The summed E-state index contributed by atoms with van der Waals surface area (Å²) < 4.78 is 0. The van der Waals surface area contributed by atoms with Crippen molar-refractivity contribution < 1.29 is 5.11 Å². The molecule has 0 heterocycles. The van der Waals surface area contributed by atoms with Crippen LogP contribution in [0.15, 0.2) is 34.4 Å². The molecule has 1 rings (SSSR count). The van der Waals surface area contributed by atoms with Gasteiger partial charge in [-0.15, -0.1) is 0 Å². The number of aliphatic hydroxyl groups excluding tert-OH is 1. The molecule has 0 saturated heterocycles. The Kier molecular flexibility index (Phi) is 4.93. The van der Waals surface area contributed by atoms with Gasteiger partial charge in [-0.2, -0.15) is 0 Å². The van der Waals surface area contributed by atoms with Gasteiger partial charge >= 0.3 is 0 Å². The van der Waals surface area contributed by atoms with Gasteiger partial charge in [-0.1, -0.05) is 57.2 Å². The Bertz CT molecular complexity index is 464. The third-order valence-electron chi connectivity index (χ3n) is 5.17. The number of hydrogen-bond acceptors (Lipinski definition) is 1. The predicted molar refractivity (Wildman–Crippen MR) is 92.8 cm³/mol. The zero-order chi connectivity index (χ0) is 15.9. The van der Waals surface area contributed by atoms with E-state index in [0.29, 0.717) is 10.6 Å². The van der Waals surface area contributed by atoms with Crippen molar-refractivity contribution in [2.45, 2.75) is 78.2 Å². The highest BCUT2D eigenvalue weighted by molar-refractivity contribution is 6.82. The van der Waals surface area contributed by atoms with Crippen LogP contribution in [0.3, 0.4) is 0 Å². The second-order valence-corrected chi connectivity index (χ2v) is 13.7. The lowest BCUT2D eigenvalue weighted by molar-refractivity contribution is 0.256. The van der Waals surface area contributed by atoms with Crippen molar-refractivity contribution in [3.05, 3.63) is 34.4 Å². The molecule has 0 unspecified atom stereocenters. The van der Waals surface area contributed by atoms with Gasteiger partial charge in [0.2, 0.25) is 0 Å². The average Bonchev–Trinajstić information content (AvgIpc) is 2.25. The number of rotatable bonds is 1. The summed E-state index contributed by atoms with van der Waals surface area (Å²) in [6.45, 7) is 20.6. The first kappa shape index (κ1) is 17.4. The molecule has 2 atom stereocenters. The van der Waals surface area contributed by atoms with E-state index in [1.54, 1.807) is 0 Å². The summed E-state index contributed by atoms with van der Waals surface area (Å²) in [6.07, 6.45) is 3.84. The molecule has 1 aliphatic rings. The fourth-order valence-corrected chi connectivity index (χ4v) is 5.64. The van der Waals surface area contributed by atoms with Crippen LogP contribution in [0.1, 0.15) is 48.5 Å². The van der Waals surface area contributed by atoms with E-state index >= 15 is 0 Å². The molecule has 0 aromatic heterocycles. The van der Waals surface area contributed by atoms with E-state index in [2.05, 4.69) is 67.6 Å². The summed E-state index contributed by atoms with van der Waals surface area (Å²) in [6, 6.07) is 0. The fraction of sp³-hybridized carbons (Fsp3) is 0.667. The standard InChI is InChI=1S/C18H32OSi/c1-12(2)16-14(19)10-11-15(17(16)13(3)4)20(8,9)18(5,6)7/h10-11,14-15,19H,1-9H3/t14-,15-/m1/s1. The molecule has 2 heteroatoms. The largest absolute Gasteiger partial charge is 0.384 e. The van der Waals surface area contributed by atoms with Gasteiger partial charge < -0.3 is 5.11 Å². The molecule has 114 valence electrons. The first-order valence-corrected chi connectivity index (χ1v) is 10.7. The van der Waals surface area contributed by atoms with Crippen LogP contribution in [0.25, 0.3) is 0 Å². The topological polar surface area (TPSA) is 20.2 Å². The summed E-state index contributed by atoms with van der Waals surface area (Å²) >= 11 is 0. The van der Waals surface area contributed by atoms with Crippen LogP contribution < -0.4 is 0 Å². The molecule has 0 aromatic rings. The molecular formula is C18H32OSi. The highest BCUT2D eigenvalue weighted by Crippen LogP contribution is 2.51. The van der Waals surface area contributed by atoms with E-state index in [1.165, 1.54) is 16.7 Å². The van der Waals surface area contributed by atoms with Gasteiger partial charge in [0, 0.05) is 0 Å². The maximum absolute atomic E-state index is 10.4. The SMILES string of the molecule is CC(C)=C1C(=C(C)C)[C@H]([Si](C)(C)C(C)(C)C)C=C[C@H]1O. The second kappa shape index (κ2) is 5.65. The maximum atomic E-state index is 10.4. The molecule has 0 amide bonds. The first-order valence-electron chi connectivity index (χ1n) is 7.62. The first-order chi connectivity index (χ1) is 8.91. The fourth-order valence-electron chi connectivity index (χ4n) is 2.95. The summed E-state index contributed by atoms with van der Waals surface area (Å²) in [5.74, 6) is 0. The molecule has 0 spiro atoms. The molecule has 1 aliphatic carbocycles. The summed E-state index contributed by atoms with van der Waals surface area (Å²) in [4.78, 5) is 0. The Labute approximate surface area is 126 Å². The Morgan fingerprint density at radius 2 is 1.40 bits per heavy atom. The lowest BCUT2D eigenvalue weighted by atomic mass is 9.86. The molecule has 1 N–H and O–H groups in total. The third-order valence-corrected chi connectivity index (χ3v) is 11.1. The van der Waals surface area contributed by atoms with Crippen molar-refractivity contribution in [1.29, 1.82) is 0 Å². The van der Waals surface area contributed by atoms with E-state index in [1.807, 2.05) is 6.08 Å². The van der Waals surface area contributed by atoms with Crippen LogP contribution in [0.2, 0.25) is 23.7 Å². The molecule has 0 radical (unpaired) electrons. The predicted octanol–water partition coefficient (Wildman–Crippen LogP) is 5.47. The van der Waals surface area contributed by atoms with Gasteiger partial charge in [0.25, 0.3) is 0 Å². The Morgan fingerprint density at radius 1 is 0.950 bits per heavy atom. The van der Waals surface area contributed by atoms with E-state index in [0.717, 1.165) is 5.57 Å². The van der Waals surface area contributed by atoms with Crippen LogP contribution in [-0.2, 0) is 0 Å². The van der Waals surface area contributed by atoms with Crippen LogP contribution >= 0.6 is 0 Å².